The number of aromatic nitrogens is 7. The average Bonchev–Trinajstić information content (AvgIpc) is 3.84. The van der Waals surface area contributed by atoms with Crippen LogP contribution in [-0.2, 0) is 13.5 Å². The summed E-state index contributed by atoms with van der Waals surface area (Å²) in [6.45, 7) is 0.653. The Hall–Kier alpha value is -5.50. The van der Waals surface area contributed by atoms with Gasteiger partial charge >= 0.3 is 5.57 Å². The van der Waals surface area contributed by atoms with E-state index in [2.05, 4.69) is 25.0 Å². The predicted octanol–water partition coefficient (Wildman–Crippen LogP) is 6.15. The molecule has 15 heteroatoms. The first-order chi connectivity index (χ1) is 23.1. The summed E-state index contributed by atoms with van der Waals surface area (Å²) in [6, 6.07) is 10.9. The van der Waals surface area contributed by atoms with Crippen molar-refractivity contribution in [2.24, 2.45) is 7.05 Å². The second-order valence-corrected chi connectivity index (χ2v) is 12.1. The summed E-state index contributed by atoms with van der Waals surface area (Å²) in [7, 11) is 1.92. The lowest BCUT2D eigenvalue weighted by Crippen LogP contribution is -2.22. The zero-order chi connectivity index (χ0) is 33.2. The van der Waals surface area contributed by atoms with Crippen LogP contribution in [0.1, 0.15) is 28.0 Å². The number of rotatable bonds is 7. The molecule has 6 aromatic rings. The third-order valence-corrected chi connectivity index (χ3v) is 8.47. The number of hydrogen-bond donors (Lipinski definition) is 1. The van der Waals surface area contributed by atoms with E-state index < -0.39 is 17.6 Å². The molecule has 0 bridgehead atoms. The lowest BCUT2D eigenvalue weighted by atomic mass is 10.0. The largest absolute Gasteiger partial charge is 0.487 e. The van der Waals surface area contributed by atoms with Crippen LogP contribution in [-0.4, -0.2) is 65.0 Å². The van der Waals surface area contributed by atoms with Crippen LogP contribution in [0.5, 0.6) is 5.75 Å². The molecule has 8 rings (SSSR count). The van der Waals surface area contributed by atoms with Crippen molar-refractivity contribution in [2.75, 3.05) is 23.3 Å². The van der Waals surface area contributed by atoms with Crippen molar-refractivity contribution in [3.8, 4) is 34.1 Å². The topological polar surface area (TPSA) is 116 Å². The van der Waals surface area contributed by atoms with E-state index in [0.29, 0.717) is 48.0 Å². The second kappa shape index (κ2) is 11.3. The molecule has 1 fully saturated rings. The fraction of sp³-hybridized carbons (Fsp3) is 0.212. The number of fused-ring (bicyclic) bond motifs is 4. The van der Waals surface area contributed by atoms with Gasteiger partial charge in [0.05, 0.1) is 23.5 Å². The molecule has 0 unspecified atom stereocenters. The van der Waals surface area contributed by atoms with E-state index in [1.165, 1.54) is 30.5 Å². The Bertz CT molecular complexity index is 2220. The number of carbonyl (C=O) groups excluding carboxylic acids is 1. The van der Waals surface area contributed by atoms with Gasteiger partial charge < -0.3 is 19.5 Å². The van der Waals surface area contributed by atoms with Gasteiger partial charge in [-0.15, -0.1) is 8.78 Å². The van der Waals surface area contributed by atoms with E-state index in [1.807, 2.05) is 41.0 Å². The normalized spacial score (nSPS) is 15.5. The number of nitrogens with zero attached hydrogens (tertiary/aromatic N) is 8. The first-order valence-corrected chi connectivity index (χ1v) is 15.4. The molecule has 0 saturated carbocycles. The van der Waals surface area contributed by atoms with Crippen molar-refractivity contribution < 1.29 is 22.7 Å². The van der Waals surface area contributed by atoms with Gasteiger partial charge in [-0.05, 0) is 48.9 Å². The number of anilines is 2. The van der Waals surface area contributed by atoms with Gasteiger partial charge in [-0.3, -0.25) is 9.78 Å². The van der Waals surface area contributed by atoms with Gasteiger partial charge in [0.1, 0.15) is 23.4 Å². The van der Waals surface area contributed by atoms with Gasteiger partial charge in [0, 0.05) is 95.9 Å². The SMILES string of the molecule is Cn1ccc2cnc(-n3cc4c(n3)-c3cc(-c5cc(C(=O)Nc6ccc(OC(F)(F)Cl)cc6)cnc5N5CC[C@@H](F)C5)cnc3C4)nc21. The highest BCUT2D eigenvalue weighted by molar-refractivity contribution is 6.20. The third-order valence-electron chi connectivity index (χ3n) is 8.39. The molecule has 2 aliphatic rings. The number of aryl methyl sites for hydroxylation is 1. The van der Waals surface area contributed by atoms with Crippen LogP contribution in [0.3, 0.4) is 0 Å². The number of pyridine rings is 2. The first kappa shape index (κ1) is 29.9. The van der Waals surface area contributed by atoms with Crippen molar-refractivity contribution in [1.82, 2.24) is 34.3 Å². The quantitative estimate of drug-likeness (QED) is 0.201. The Balaban J connectivity index is 1.12. The van der Waals surface area contributed by atoms with Gasteiger partial charge in [-0.2, -0.15) is 10.1 Å². The summed E-state index contributed by atoms with van der Waals surface area (Å²) in [6.07, 6.45) is 8.71. The molecule has 1 amide bonds. The minimum Gasteiger partial charge on any atom is -0.420 e. The molecule has 48 heavy (non-hydrogen) atoms. The Morgan fingerprint density at radius 2 is 1.90 bits per heavy atom. The highest BCUT2D eigenvalue weighted by Crippen LogP contribution is 2.39. The number of carbonyl (C=O) groups is 1. The average molecular weight is 672 g/mol. The highest BCUT2D eigenvalue weighted by Gasteiger charge is 2.30. The van der Waals surface area contributed by atoms with E-state index in [0.717, 1.165) is 33.5 Å². The van der Waals surface area contributed by atoms with E-state index in [1.54, 1.807) is 23.1 Å². The maximum absolute atomic E-state index is 14.3. The molecule has 6 heterocycles. The minimum absolute atomic E-state index is 0.167. The lowest BCUT2D eigenvalue weighted by molar-refractivity contribution is -0.0964. The number of benzene rings is 1. The van der Waals surface area contributed by atoms with Gasteiger partial charge in [0.2, 0.25) is 0 Å². The molecule has 1 aromatic carbocycles. The molecule has 1 N–H and O–H groups in total. The molecule has 0 spiro atoms. The highest BCUT2D eigenvalue weighted by atomic mass is 35.5. The molecular weight excluding hydrogens is 647 g/mol. The number of alkyl halides is 4. The standard InChI is InChI=1S/C33H25ClF3N9O2/c1-44-8-6-18-13-40-32(42-29(18)44)46-16-21-12-27-26(28(21)43-46)10-19(14-38-27)25-11-20(15-39-30(25)45-9-7-22(35)17-45)31(47)41-23-2-4-24(5-3-23)48-33(34,36)37/h2-6,8,10-11,13-16,22H,7,9,12,17H2,1H3,(H,41,47)/t22-/m1/s1. The van der Waals surface area contributed by atoms with Crippen LogP contribution in [0.15, 0.2) is 73.4 Å². The summed E-state index contributed by atoms with van der Waals surface area (Å²) in [4.78, 5) is 33.7. The van der Waals surface area contributed by atoms with E-state index in [4.69, 9.17) is 21.7 Å². The molecule has 11 nitrogen and oxygen atoms in total. The zero-order valence-electron chi connectivity index (χ0n) is 25.2. The molecule has 1 aliphatic heterocycles. The summed E-state index contributed by atoms with van der Waals surface area (Å²) in [5.74, 6) is 0.329. The van der Waals surface area contributed by atoms with Crippen LogP contribution >= 0.6 is 11.6 Å². The third kappa shape index (κ3) is 5.57. The summed E-state index contributed by atoms with van der Waals surface area (Å²) >= 11 is 4.83. The number of hydrogen-bond acceptors (Lipinski definition) is 8. The number of amides is 1. The minimum atomic E-state index is -3.86. The summed E-state index contributed by atoms with van der Waals surface area (Å²) < 4.78 is 48.2. The van der Waals surface area contributed by atoms with Crippen LogP contribution in [0.4, 0.5) is 24.7 Å². The predicted molar refractivity (Wildman–Crippen MR) is 172 cm³/mol. The van der Waals surface area contributed by atoms with Crippen molar-refractivity contribution >= 4 is 40.0 Å². The van der Waals surface area contributed by atoms with Crippen LogP contribution in [0, 0.1) is 0 Å². The van der Waals surface area contributed by atoms with Crippen molar-refractivity contribution in [3.05, 3.63) is 90.3 Å². The molecule has 1 saturated heterocycles. The van der Waals surface area contributed by atoms with E-state index in [9.17, 15) is 18.0 Å². The fourth-order valence-corrected chi connectivity index (χ4v) is 6.17. The maximum atomic E-state index is 14.3. The van der Waals surface area contributed by atoms with Gasteiger partial charge in [-0.1, -0.05) is 0 Å². The van der Waals surface area contributed by atoms with Crippen LogP contribution < -0.4 is 15.0 Å². The number of halogens is 4. The van der Waals surface area contributed by atoms with Gasteiger partial charge in [-0.25, -0.2) is 19.0 Å². The monoisotopic (exact) mass is 671 g/mol. The smallest absolute Gasteiger partial charge is 0.420 e. The zero-order valence-corrected chi connectivity index (χ0v) is 26.0. The maximum Gasteiger partial charge on any atom is 0.487 e. The lowest BCUT2D eigenvalue weighted by Gasteiger charge is -2.21. The first-order valence-electron chi connectivity index (χ1n) is 15.0. The molecule has 242 valence electrons. The Morgan fingerprint density at radius 3 is 2.67 bits per heavy atom. The van der Waals surface area contributed by atoms with E-state index >= 15 is 0 Å². The van der Waals surface area contributed by atoms with Crippen LogP contribution in [0.2, 0.25) is 0 Å². The second-order valence-electron chi connectivity index (χ2n) is 11.7. The van der Waals surface area contributed by atoms with Crippen molar-refractivity contribution in [2.45, 2.75) is 24.6 Å². The summed E-state index contributed by atoms with van der Waals surface area (Å²) in [5.41, 5.74) is 2.21. The fourth-order valence-electron chi connectivity index (χ4n) is 6.08. The van der Waals surface area contributed by atoms with Crippen molar-refractivity contribution in [3.63, 3.8) is 0 Å². The number of nitrogens with one attached hydrogen (secondary N) is 1. The molecule has 0 radical (unpaired) electrons. The molecule has 1 aliphatic carbocycles. The summed E-state index contributed by atoms with van der Waals surface area (Å²) in [5, 5.41) is 8.50. The Kier molecular flexibility index (Phi) is 7.05. The van der Waals surface area contributed by atoms with Crippen molar-refractivity contribution in [1.29, 1.82) is 0 Å². The Labute approximate surface area is 276 Å². The van der Waals surface area contributed by atoms with Gasteiger partial charge in [0.15, 0.2) is 0 Å². The van der Waals surface area contributed by atoms with Crippen LogP contribution in [0.25, 0.3) is 39.4 Å². The Morgan fingerprint density at radius 1 is 1.06 bits per heavy atom. The number of ether oxygens (including phenoxy) is 1. The van der Waals surface area contributed by atoms with E-state index in [-0.39, 0.29) is 17.9 Å². The van der Waals surface area contributed by atoms with Gasteiger partial charge in [0.25, 0.3) is 11.9 Å². The molecular formula is C33H25ClF3N9O2. The molecule has 1 atom stereocenters. The molecule has 5 aromatic heterocycles.